The minimum atomic E-state index is 0.606. The minimum absolute atomic E-state index is 0.606. The zero-order chi connectivity index (χ0) is 12.3. The van der Waals surface area contributed by atoms with Crippen molar-refractivity contribution in [2.75, 3.05) is 5.32 Å². The van der Waals surface area contributed by atoms with Crippen molar-refractivity contribution in [2.45, 2.75) is 45.1 Å². The fourth-order valence-electron chi connectivity index (χ4n) is 1.71. The van der Waals surface area contributed by atoms with Crippen molar-refractivity contribution in [1.29, 1.82) is 0 Å². The van der Waals surface area contributed by atoms with Gasteiger partial charge in [-0.25, -0.2) is 0 Å². The van der Waals surface area contributed by atoms with Gasteiger partial charge >= 0.3 is 0 Å². The zero-order valence-corrected chi connectivity index (χ0v) is 11.3. The van der Waals surface area contributed by atoms with Crippen LogP contribution in [0.2, 0.25) is 0 Å². The summed E-state index contributed by atoms with van der Waals surface area (Å²) >= 11 is 5.24. The largest absolute Gasteiger partial charge is 0.360 e. The molecule has 0 unspecified atom stereocenters. The van der Waals surface area contributed by atoms with Crippen LogP contribution in [0, 0.1) is 0 Å². The van der Waals surface area contributed by atoms with Gasteiger partial charge in [0.05, 0.1) is 0 Å². The predicted octanol–water partition coefficient (Wildman–Crippen LogP) is 3.65. The SMILES string of the molecule is CC[C@@H](C)c1ccc(NC(=S)NC2CC2)cc1. The first kappa shape index (κ1) is 12.4. The molecule has 0 saturated heterocycles. The summed E-state index contributed by atoms with van der Waals surface area (Å²) in [5.41, 5.74) is 2.45. The Morgan fingerprint density at radius 2 is 2.00 bits per heavy atom. The van der Waals surface area contributed by atoms with Gasteiger partial charge in [0.1, 0.15) is 0 Å². The first-order valence-corrected chi connectivity index (χ1v) is 6.77. The Balaban J connectivity index is 1.90. The Morgan fingerprint density at radius 1 is 1.35 bits per heavy atom. The fraction of sp³-hybridized carbons (Fsp3) is 0.500. The summed E-state index contributed by atoms with van der Waals surface area (Å²) < 4.78 is 0. The van der Waals surface area contributed by atoms with E-state index in [9.17, 15) is 0 Å². The topological polar surface area (TPSA) is 24.1 Å². The third-order valence-electron chi connectivity index (χ3n) is 3.26. The molecule has 0 radical (unpaired) electrons. The molecule has 0 aliphatic heterocycles. The average Bonchev–Trinajstić information content (AvgIpc) is 3.12. The van der Waals surface area contributed by atoms with Gasteiger partial charge in [-0.05, 0) is 55.1 Å². The Hall–Kier alpha value is -1.09. The Bertz CT molecular complexity index is 382. The van der Waals surface area contributed by atoms with Crippen molar-refractivity contribution >= 4 is 23.0 Å². The van der Waals surface area contributed by atoms with Crippen molar-refractivity contribution < 1.29 is 0 Å². The fourth-order valence-corrected chi connectivity index (χ4v) is 2.00. The van der Waals surface area contributed by atoms with Crippen LogP contribution in [-0.2, 0) is 0 Å². The number of thiocarbonyl (C=S) groups is 1. The second-order valence-corrected chi connectivity index (χ2v) is 5.21. The van der Waals surface area contributed by atoms with Gasteiger partial charge in [0, 0.05) is 11.7 Å². The van der Waals surface area contributed by atoms with Crippen LogP contribution in [0.1, 0.15) is 44.6 Å². The van der Waals surface area contributed by atoms with E-state index >= 15 is 0 Å². The molecule has 0 bridgehead atoms. The van der Waals surface area contributed by atoms with Crippen LogP contribution in [-0.4, -0.2) is 11.2 Å². The average molecular weight is 248 g/mol. The van der Waals surface area contributed by atoms with E-state index in [0.29, 0.717) is 12.0 Å². The Labute approximate surface area is 109 Å². The maximum absolute atomic E-state index is 5.24. The number of hydrogen-bond donors (Lipinski definition) is 2. The van der Waals surface area contributed by atoms with E-state index in [1.807, 2.05) is 0 Å². The van der Waals surface area contributed by atoms with Gasteiger partial charge in [-0.1, -0.05) is 26.0 Å². The number of anilines is 1. The second kappa shape index (κ2) is 5.50. The molecular formula is C14H20N2S. The van der Waals surface area contributed by atoms with E-state index in [1.54, 1.807) is 0 Å². The summed E-state index contributed by atoms with van der Waals surface area (Å²) in [4.78, 5) is 0. The Morgan fingerprint density at radius 3 is 2.53 bits per heavy atom. The van der Waals surface area contributed by atoms with Crippen molar-refractivity contribution in [2.24, 2.45) is 0 Å². The van der Waals surface area contributed by atoms with E-state index in [2.05, 4.69) is 48.7 Å². The summed E-state index contributed by atoms with van der Waals surface area (Å²) in [7, 11) is 0. The highest BCUT2D eigenvalue weighted by atomic mass is 32.1. The maximum atomic E-state index is 5.24. The quantitative estimate of drug-likeness (QED) is 0.795. The molecule has 2 N–H and O–H groups in total. The highest BCUT2D eigenvalue weighted by Crippen LogP contribution is 2.21. The molecule has 2 rings (SSSR count). The third-order valence-corrected chi connectivity index (χ3v) is 3.48. The van der Waals surface area contributed by atoms with Crippen molar-refractivity contribution in [3.05, 3.63) is 29.8 Å². The van der Waals surface area contributed by atoms with Crippen molar-refractivity contribution in [3.63, 3.8) is 0 Å². The lowest BCUT2D eigenvalue weighted by atomic mass is 9.99. The molecule has 0 amide bonds. The van der Waals surface area contributed by atoms with E-state index < -0.39 is 0 Å². The van der Waals surface area contributed by atoms with E-state index in [0.717, 1.165) is 10.8 Å². The lowest BCUT2D eigenvalue weighted by Gasteiger charge is -2.12. The molecule has 1 atom stereocenters. The molecule has 0 spiro atoms. The molecule has 1 aromatic rings. The maximum Gasteiger partial charge on any atom is 0.170 e. The van der Waals surface area contributed by atoms with Gasteiger partial charge in [0.15, 0.2) is 5.11 Å². The molecule has 3 heteroatoms. The Kier molecular flexibility index (Phi) is 4.00. The third kappa shape index (κ3) is 3.70. The van der Waals surface area contributed by atoms with Crippen molar-refractivity contribution in [3.8, 4) is 0 Å². The van der Waals surface area contributed by atoms with Crippen LogP contribution in [0.25, 0.3) is 0 Å². The number of nitrogens with one attached hydrogen (secondary N) is 2. The first-order valence-electron chi connectivity index (χ1n) is 6.36. The monoisotopic (exact) mass is 248 g/mol. The summed E-state index contributed by atoms with van der Waals surface area (Å²) in [6, 6.07) is 9.16. The molecule has 1 aliphatic rings. The molecule has 0 aromatic heterocycles. The highest BCUT2D eigenvalue weighted by molar-refractivity contribution is 7.80. The molecule has 17 heavy (non-hydrogen) atoms. The van der Waals surface area contributed by atoms with Crippen LogP contribution in [0.5, 0.6) is 0 Å². The number of rotatable bonds is 4. The highest BCUT2D eigenvalue weighted by Gasteiger charge is 2.21. The molecule has 1 aliphatic carbocycles. The molecule has 1 aromatic carbocycles. The molecule has 1 fully saturated rings. The van der Waals surface area contributed by atoms with Gasteiger partial charge in [0.2, 0.25) is 0 Å². The molecule has 2 nitrogen and oxygen atoms in total. The summed E-state index contributed by atoms with van der Waals surface area (Å²) in [6.45, 7) is 4.47. The van der Waals surface area contributed by atoms with E-state index in [4.69, 9.17) is 12.2 Å². The summed E-state index contributed by atoms with van der Waals surface area (Å²) in [5, 5.41) is 7.23. The standard InChI is InChI=1S/C14H20N2S/c1-3-10(2)11-4-6-12(7-5-11)15-14(17)16-13-8-9-13/h4-7,10,13H,3,8-9H2,1-2H3,(H2,15,16,17)/t10-/m1/s1. The second-order valence-electron chi connectivity index (χ2n) is 4.80. The molecular weight excluding hydrogens is 228 g/mol. The zero-order valence-electron chi connectivity index (χ0n) is 10.5. The van der Waals surface area contributed by atoms with Gasteiger partial charge in [-0.15, -0.1) is 0 Å². The predicted molar refractivity (Wildman–Crippen MR) is 77.5 cm³/mol. The van der Waals surface area contributed by atoms with Gasteiger partial charge in [-0.3, -0.25) is 0 Å². The van der Waals surface area contributed by atoms with Crippen LogP contribution in [0.3, 0.4) is 0 Å². The van der Waals surface area contributed by atoms with Crippen molar-refractivity contribution in [1.82, 2.24) is 5.32 Å². The molecule has 92 valence electrons. The lowest BCUT2D eigenvalue weighted by Crippen LogP contribution is -2.30. The molecule has 1 saturated carbocycles. The summed E-state index contributed by atoms with van der Waals surface area (Å²) in [6.07, 6.45) is 3.66. The number of hydrogen-bond acceptors (Lipinski definition) is 1. The van der Waals surface area contributed by atoms with Gasteiger partial charge in [0.25, 0.3) is 0 Å². The minimum Gasteiger partial charge on any atom is -0.360 e. The normalized spacial score (nSPS) is 16.4. The van der Waals surface area contributed by atoms with E-state index in [-0.39, 0.29) is 0 Å². The van der Waals surface area contributed by atoms with Gasteiger partial charge < -0.3 is 10.6 Å². The first-order chi connectivity index (χ1) is 8.19. The lowest BCUT2D eigenvalue weighted by molar-refractivity contribution is 0.734. The number of benzene rings is 1. The smallest absolute Gasteiger partial charge is 0.170 e. The van der Waals surface area contributed by atoms with Crippen LogP contribution in [0.4, 0.5) is 5.69 Å². The van der Waals surface area contributed by atoms with Crippen LogP contribution < -0.4 is 10.6 Å². The molecule has 0 heterocycles. The van der Waals surface area contributed by atoms with Crippen LogP contribution in [0.15, 0.2) is 24.3 Å². The van der Waals surface area contributed by atoms with E-state index in [1.165, 1.54) is 24.8 Å². The van der Waals surface area contributed by atoms with Gasteiger partial charge in [-0.2, -0.15) is 0 Å². The van der Waals surface area contributed by atoms with Crippen LogP contribution >= 0.6 is 12.2 Å². The summed E-state index contributed by atoms with van der Waals surface area (Å²) in [5.74, 6) is 0.626.